The van der Waals surface area contributed by atoms with Crippen molar-refractivity contribution < 1.29 is 4.74 Å². The number of hydrogen-bond acceptors (Lipinski definition) is 2. The van der Waals surface area contributed by atoms with E-state index in [1.54, 1.807) is 12.1 Å². The molecule has 5 heteroatoms. The number of halogens is 3. The van der Waals surface area contributed by atoms with Gasteiger partial charge in [0.15, 0.2) is 5.75 Å². The van der Waals surface area contributed by atoms with Crippen molar-refractivity contribution in [2.45, 2.75) is 32.7 Å². The number of benzene rings is 1. The molecule has 102 valence electrons. The highest BCUT2D eigenvalue weighted by molar-refractivity contribution is 6.40. The van der Waals surface area contributed by atoms with Crippen LogP contribution in [0.15, 0.2) is 12.1 Å². The molecule has 1 aromatic carbocycles. The highest BCUT2D eigenvalue weighted by atomic mass is 35.5. The summed E-state index contributed by atoms with van der Waals surface area (Å²) in [6.07, 6.45) is 2.15. The van der Waals surface area contributed by atoms with E-state index < -0.39 is 0 Å². The minimum Gasteiger partial charge on any atom is -0.489 e. The molecule has 0 aliphatic heterocycles. The first-order chi connectivity index (χ1) is 8.58. The Balaban J connectivity index is 2.66. The average molecular weight is 311 g/mol. The zero-order chi connectivity index (χ0) is 13.5. The third-order valence-corrected chi connectivity index (χ3v) is 3.30. The largest absolute Gasteiger partial charge is 0.489 e. The van der Waals surface area contributed by atoms with Crippen LogP contribution in [-0.4, -0.2) is 19.2 Å². The molecule has 0 saturated carbocycles. The maximum absolute atomic E-state index is 6.06. The van der Waals surface area contributed by atoms with Crippen molar-refractivity contribution in [3.8, 4) is 5.75 Å². The van der Waals surface area contributed by atoms with Gasteiger partial charge in [0.1, 0.15) is 6.61 Å². The average Bonchev–Trinajstić information content (AvgIpc) is 2.28. The van der Waals surface area contributed by atoms with E-state index in [1.165, 1.54) is 0 Å². The summed E-state index contributed by atoms with van der Waals surface area (Å²) in [6.45, 7) is 5.68. The van der Waals surface area contributed by atoms with Gasteiger partial charge in [-0.3, -0.25) is 0 Å². The Labute approximate surface area is 124 Å². The van der Waals surface area contributed by atoms with Crippen molar-refractivity contribution in [2.24, 2.45) is 0 Å². The van der Waals surface area contributed by atoms with Gasteiger partial charge < -0.3 is 10.1 Å². The number of rotatable bonds is 7. The molecule has 1 N–H and O–H groups in total. The van der Waals surface area contributed by atoms with E-state index in [-0.39, 0.29) is 0 Å². The van der Waals surface area contributed by atoms with Crippen LogP contribution in [-0.2, 0) is 0 Å². The highest BCUT2D eigenvalue weighted by Gasteiger charge is 2.12. The normalized spacial score (nSPS) is 12.5. The van der Waals surface area contributed by atoms with E-state index in [4.69, 9.17) is 39.5 Å². The second kappa shape index (κ2) is 8.11. The van der Waals surface area contributed by atoms with Crippen molar-refractivity contribution in [2.75, 3.05) is 13.2 Å². The molecule has 0 aliphatic rings. The van der Waals surface area contributed by atoms with Crippen LogP contribution in [0.1, 0.15) is 26.7 Å². The molecule has 0 amide bonds. The maximum atomic E-state index is 6.06. The minimum absolute atomic E-state index is 0.308. The summed E-state index contributed by atoms with van der Waals surface area (Å²) in [7, 11) is 0. The molecule has 1 atom stereocenters. The Hall–Kier alpha value is -0.150. The van der Waals surface area contributed by atoms with E-state index in [9.17, 15) is 0 Å². The fourth-order valence-electron chi connectivity index (χ4n) is 1.73. The van der Waals surface area contributed by atoms with Gasteiger partial charge in [0, 0.05) is 11.1 Å². The molecule has 0 heterocycles. The Morgan fingerprint density at radius 2 is 1.78 bits per heavy atom. The molecule has 1 aromatic rings. The Bertz CT molecular complexity index is 355. The highest BCUT2D eigenvalue weighted by Crippen LogP contribution is 2.35. The van der Waals surface area contributed by atoms with Gasteiger partial charge in [-0.05, 0) is 25.1 Å². The second-order valence-corrected chi connectivity index (χ2v) is 5.30. The van der Waals surface area contributed by atoms with Crippen molar-refractivity contribution in [3.05, 3.63) is 27.2 Å². The number of nitrogens with one attached hydrogen (secondary N) is 1. The third-order valence-electron chi connectivity index (χ3n) is 2.52. The lowest BCUT2D eigenvalue weighted by Gasteiger charge is -2.19. The number of ether oxygens (including phenoxy) is 1. The lowest BCUT2D eigenvalue weighted by atomic mass is 10.2. The molecule has 0 bridgehead atoms. The summed E-state index contributed by atoms with van der Waals surface area (Å²) < 4.78 is 5.70. The lowest BCUT2D eigenvalue weighted by molar-refractivity contribution is 0.258. The Morgan fingerprint density at radius 1 is 1.17 bits per heavy atom. The first-order valence-electron chi connectivity index (χ1n) is 6.09. The quantitative estimate of drug-likeness (QED) is 0.781. The van der Waals surface area contributed by atoms with Gasteiger partial charge in [0.25, 0.3) is 0 Å². The minimum atomic E-state index is 0.308. The molecule has 18 heavy (non-hydrogen) atoms. The van der Waals surface area contributed by atoms with Crippen molar-refractivity contribution in [1.29, 1.82) is 0 Å². The van der Waals surface area contributed by atoms with E-state index >= 15 is 0 Å². The number of hydrogen-bond donors (Lipinski definition) is 1. The summed E-state index contributed by atoms with van der Waals surface area (Å²) in [5.74, 6) is 0.502. The lowest BCUT2D eigenvalue weighted by Crippen LogP contribution is -2.34. The van der Waals surface area contributed by atoms with Crippen LogP contribution in [0.3, 0.4) is 0 Å². The van der Waals surface area contributed by atoms with Crippen LogP contribution in [0.2, 0.25) is 15.1 Å². The van der Waals surface area contributed by atoms with Gasteiger partial charge in [-0.25, -0.2) is 0 Å². The third kappa shape index (κ3) is 4.85. The molecule has 0 aliphatic carbocycles. The standard InChI is InChI=1S/C13H18Cl3NO/c1-3-5-10(17-4-2)8-18-13-11(15)6-9(14)7-12(13)16/h6-7,10,17H,3-5,8H2,1-2H3. The van der Waals surface area contributed by atoms with Gasteiger partial charge in [-0.2, -0.15) is 0 Å². The van der Waals surface area contributed by atoms with Crippen LogP contribution in [0, 0.1) is 0 Å². The molecule has 0 radical (unpaired) electrons. The number of likely N-dealkylation sites (N-methyl/N-ethyl adjacent to an activating group) is 1. The van der Waals surface area contributed by atoms with Crippen molar-refractivity contribution in [3.63, 3.8) is 0 Å². The summed E-state index contributed by atoms with van der Waals surface area (Å²) >= 11 is 18.0. The molecule has 1 unspecified atom stereocenters. The fraction of sp³-hybridized carbons (Fsp3) is 0.538. The smallest absolute Gasteiger partial charge is 0.156 e. The summed E-state index contributed by atoms with van der Waals surface area (Å²) in [4.78, 5) is 0. The molecule has 0 fully saturated rings. The zero-order valence-corrected chi connectivity index (χ0v) is 12.9. The van der Waals surface area contributed by atoms with Crippen molar-refractivity contribution in [1.82, 2.24) is 5.32 Å². The molecule has 1 rings (SSSR count). The van der Waals surface area contributed by atoms with E-state index in [0.29, 0.717) is 33.5 Å². The van der Waals surface area contributed by atoms with Gasteiger partial charge >= 0.3 is 0 Å². The van der Waals surface area contributed by atoms with Crippen LogP contribution < -0.4 is 10.1 Å². The van der Waals surface area contributed by atoms with Crippen LogP contribution in [0.4, 0.5) is 0 Å². The van der Waals surface area contributed by atoms with Gasteiger partial charge in [0.05, 0.1) is 10.0 Å². The zero-order valence-electron chi connectivity index (χ0n) is 10.6. The SMILES string of the molecule is CCCC(COc1c(Cl)cc(Cl)cc1Cl)NCC. The van der Waals surface area contributed by atoms with Gasteiger partial charge in [0.2, 0.25) is 0 Å². The predicted octanol–water partition coefficient (Wildman–Crippen LogP) is 4.80. The molecular weight excluding hydrogens is 293 g/mol. The Morgan fingerprint density at radius 3 is 2.28 bits per heavy atom. The predicted molar refractivity (Wildman–Crippen MR) is 79.3 cm³/mol. The van der Waals surface area contributed by atoms with Crippen molar-refractivity contribution >= 4 is 34.8 Å². The fourth-order valence-corrected chi connectivity index (χ4v) is 2.66. The van der Waals surface area contributed by atoms with Crippen LogP contribution in [0.5, 0.6) is 5.75 Å². The topological polar surface area (TPSA) is 21.3 Å². The first-order valence-corrected chi connectivity index (χ1v) is 7.22. The van der Waals surface area contributed by atoms with E-state index in [0.717, 1.165) is 19.4 Å². The first kappa shape index (κ1) is 15.9. The van der Waals surface area contributed by atoms with E-state index in [1.807, 2.05) is 0 Å². The van der Waals surface area contributed by atoms with Gasteiger partial charge in [-0.1, -0.05) is 55.1 Å². The van der Waals surface area contributed by atoms with Crippen LogP contribution in [0.25, 0.3) is 0 Å². The molecule has 0 spiro atoms. The second-order valence-electron chi connectivity index (χ2n) is 4.05. The molecular formula is C13H18Cl3NO. The summed E-state index contributed by atoms with van der Waals surface area (Å²) in [5.41, 5.74) is 0. The summed E-state index contributed by atoms with van der Waals surface area (Å²) in [6, 6.07) is 3.57. The molecule has 0 aromatic heterocycles. The van der Waals surface area contributed by atoms with Gasteiger partial charge in [-0.15, -0.1) is 0 Å². The monoisotopic (exact) mass is 309 g/mol. The molecule has 0 saturated heterocycles. The van der Waals surface area contributed by atoms with E-state index in [2.05, 4.69) is 19.2 Å². The Kier molecular flexibility index (Phi) is 7.16. The summed E-state index contributed by atoms with van der Waals surface area (Å²) in [5, 5.41) is 4.76. The molecule has 2 nitrogen and oxygen atoms in total. The maximum Gasteiger partial charge on any atom is 0.156 e. The van der Waals surface area contributed by atoms with Crippen LogP contribution >= 0.6 is 34.8 Å².